The molecular formula is C8H14NOP. The van der Waals surface area contributed by atoms with Gasteiger partial charge in [0.05, 0.1) is 6.04 Å². The van der Waals surface area contributed by atoms with E-state index in [9.17, 15) is 4.57 Å². The molecule has 62 valence electrons. The number of hydrogen-bond donors (Lipinski definition) is 0. The molecule has 0 bridgehead atoms. The van der Waals surface area contributed by atoms with Crippen LogP contribution in [0, 0.1) is 12.3 Å². The van der Waals surface area contributed by atoms with Gasteiger partial charge in [-0.2, -0.15) is 0 Å². The molecule has 1 saturated heterocycles. The lowest BCUT2D eigenvalue weighted by molar-refractivity contribution is 0.384. The second kappa shape index (κ2) is 3.01. The van der Waals surface area contributed by atoms with Crippen LogP contribution in [0.3, 0.4) is 0 Å². The van der Waals surface area contributed by atoms with Gasteiger partial charge in [-0.3, -0.25) is 0 Å². The molecule has 0 radical (unpaired) electrons. The van der Waals surface area contributed by atoms with E-state index in [4.69, 9.17) is 6.42 Å². The van der Waals surface area contributed by atoms with E-state index in [1.165, 1.54) is 0 Å². The molecule has 11 heavy (non-hydrogen) atoms. The Labute approximate surface area is 68.4 Å². The Morgan fingerprint density at radius 1 is 1.73 bits per heavy atom. The van der Waals surface area contributed by atoms with Crippen molar-refractivity contribution in [2.75, 3.05) is 19.9 Å². The van der Waals surface area contributed by atoms with Crippen LogP contribution in [0.25, 0.3) is 0 Å². The average Bonchev–Trinajstić information content (AvgIpc) is 1.95. The molecule has 0 aromatic rings. The van der Waals surface area contributed by atoms with Crippen molar-refractivity contribution in [3.8, 4) is 12.3 Å². The van der Waals surface area contributed by atoms with Crippen molar-refractivity contribution in [1.29, 1.82) is 0 Å². The second-order valence-corrected chi connectivity index (χ2v) is 6.35. The van der Waals surface area contributed by atoms with Gasteiger partial charge in [0.1, 0.15) is 7.29 Å². The van der Waals surface area contributed by atoms with Crippen molar-refractivity contribution < 1.29 is 4.57 Å². The molecule has 0 amide bonds. The Bertz CT molecular complexity index is 231. The molecule has 1 fully saturated rings. The van der Waals surface area contributed by atoms with Crippen molar-refractivity contribution in [2.45, 2.75) is 18.9 Å². The predicted molar refractivity (Wildman–Crippen MR) is 48.0 cm³/mol. The normalized spacial score (nSPS) is 39.9. The summed E-state index contributed by atoms with van der Waals surface area (Å²) in [7, 11) is -0.194. The lowest BCUT2D eigenvalue weighted by Gasteiger charge is -2.34. The molecule has 1 heterocycles. The molecule has 2 unspecified atom stereocenters. The summed E-state index contributed by atoms with van der Waals surface area (Å²) >= 11 is 0. The highest BCUT2D eigenvalue weighted by Gasteiger charge is 2.31. The standard InChI is InChI=1S/C8H14NOP/c1-4-8-6-5-7-11(3,10)9(8)2/h1,8H,5-7H2,2-3H3. The zero-order valence-electron chi connectivity index (χ0n) is 7.08. The van der Waals surface area contributed by atoms with E-state index in [1.807, 2.05) is 18.4 Å². The smallest absolute Gasteiger partial charge is 0.148 e. The Hall–Kier alpha value is -0.250. The average molecular weight is 171 g/mol. The van der Waals surface area contributed by atoms with Gasteiger partial charge in [0, 0.05) is 12.8 Å². The van der Waals surface area contributed by atoms with Gasteiger partial charge in [0.15, 0.2) is 0 Å². The Morgan fingerprint density at radius 2 is 2.36 bits per heavy atom. The molecule has 1 aliphatic rings. The van der Waals surface area contributed by atoms with E-state index in [2.05, 4.69) is 5.92 Å². The summed E-state index contributed by atoms with van der Waals surface area (Å²) in [5.41, 5.74) is 0. The molecule has 2 atom stereocenters. The number of rotatable bonds is 0. The van der Waals surface area contributed by atoms with Crippen LogP contribution in [0.15, 0.2) is 0 Å². The van der Waals surface area contributed by atoms with E-state index < -0.39 is 7.29 Å². The monoisotopic (exact) mass is 171 g/mol. The lowest BCUT2D eigenvalue weighted by Crippen LogP contribution is -2.32. The fraction of sp³-hybridized carbons (Fsp3) is 0.750. The molecule has 3 heteroatoms. The highest BCUT2D eigenvalue weighted by Crippen LogP contribution is 2.50. The second-order valence-electron chi connectivity index (χ2n) is 3.17. The van der Waals surface area contributed by atoms with Crippen LogP contribution in [-0.2, 0) is 4.57 Å². The van der Waals surface area contributed by atoms with Gasteiger partial charge >= 0.3 is 0 Å². The molecule has 1 rings (SSSR count). The fourth-order valence-electron chi connectivity index (χ4n) is 1.41. The summed E-state index contributed by atoms with van der Waals surface area (Å²) in [6, 6.07) is 0.0968. The summed E-state index contributed by atoms with van der Waals surface area (Å²) in [6.45, 7) is 1.82. The maximum atomic E-state index is 11.8. The summed E-state index contributed by atoms with van der Waals surface area (Å²) < 4.78 is 13.6. The molecule has 0 N–H and O–H groups in total. The van der Waals surface area contributed by atoms with Crippen LogP contribution in [0.4, 0.5) is 0 Å². The highest BCUT2D eigenvalue weighted by molar-refractivity contribution is 7.60. The first-order chi connectivity index (χ1) is 5.08. The maximum absolute atomic E-state index is 11.8. The van der Waals surface area contributed by atoms with Crippen LogP contribution in [-0.4, -0.2) is 30.6 Å². The first-order valence-electron chi connectivity index (χ1n) is 3.84. The van der Waals surface area contributed by atoms with Crippen molar-refractivity contribution in [3.63, 3.8) is 0 Å². The van der Waals surface area contributed by atoms with Gasteiger partial charge in [-0.15, -0.1) is 6.42 Å². The van der Waals surface area contributed by atoms with Crippen LogP contribution in [0.1, 0.15) is 12.8 Å². The third-order valence-electron chi connectivity index (χ3n) is 2.36. The molecule has 1 aliphatic heterocycles. The van der Waals surface area contributed by atoms with Crippen molar-refractivity contribution in [2.24, 2.45) is 0 Å². The topological polar surface area (TPSA) is 20.3 Å². The van der Waals surface area contributed by atoms with Gasteiger partial charge in [0.25, 0.3) is 0 Å². The van der Waals surface area contributed by atoms with E-state index in [0.29, 0.717) is 0 Å². The van der Waals surface area contributed by atoms with Gasteiger partial charge < -0.3 is 4.57 Å². The quantitative estimate of drug-likeness (QED) is 0.407. The summed E-state index contributed by atoms with van der Waals surface area (Å²) in [5.74, 6) is 2.66. The zero-order chi connectivity index (χ0) is 8.48. The molecule has 0 saturated carbocycles. The predicted octanol–water partition coefficient (Wildman–Crippen LogP) is 1.62. The Balaban J connectivity index is 2.78. The zero-order valence-corrected chi connectivity index (χ0v) is 7.97. The minimum Gasteiger partial charge on any atom is -0.307 e. The first-order valence-corrected chi connectivity index (χ1v) is 6.13. The minimum atomic E-state index is -2.06. The summed E-state index contributed by atoms with van der Waals surface area (Å²) in [5, 5.41) is 0. The van der Waals surface area contributed by atoms with Gasteiger partial charge in [0.2, 0.25) is 0 Å². The molecule has 0 aromatic heterocycles. The molecule has 0 aromatic carbocycles. The minimum absolute atomic E-state index is 0.0968. The van der Waals surface area contributed by atoms with Gasteiger partial charge in [-0.05, 0) is 19.9 Å². The molecular weight excluding hydrogens is 157 g/mol. The van der Waals surface area contributed by atoms with Crippen molar-refractivity contribution >= 4 is 7.29 Å². The number of terminal acetylenes is 1. The van der Waals surface area contributed by atoms with Gasteiger partial charge in [-0.25, -0.2) is 4.67 Å². The van der Waals surface area contributed by atoms with Crippen LogP contribution >= 0.6 is 7.29 Å². The maximum Gasteiger partial charge on any atom is 0.148 e. The van der Waals surface area contributed by atoms with E-state index >= 15 is 0 Å². The van der Waals surface area contributed by atoms with Crippen LogP contribution < -0.4 is 0 Å². The fourth-order valence-corrected chi connectivity index (χ4v) is 3.27. The summed E-state index contributed by atoms with van der Waals surface area (Å²) in [6.07, 6.45) is 8.12. The first kappa shape index (κ1) is 8.84. The van der Waals surface area contributed by atoms with Crippen LogP contribution in [0.5, 0.6) is 0 Å². The van der Waals surface area contributed by atoms with Crippen LogP contribution in [0.2, 0.25) is 0 Å². The van der Waals surface area contributed by atoms with Gasteiger partial charge in [-0.1, -0.05) is 5.92 Å². The Kier molecular flexibility index (Phi) is 2.42. The summed E-state index contributed by atoms with van der Waals surface area (Å²) in [4.78, 5) is 0. The Morgan fingerprint density at radius 3 is 2.82 bits per heavy atom. The number of nitrogens with zero attached hydrogens (tertiary/aromatic N) is 1. The SMILES string of the molecule is C#CC1CCCP(C)(=O)N1C. The van der Waals surface area contributed by atoms with E-state index in [0.717, 1.165) is 19.0 Å². The third-order valence-corrected chi connectivity index (χ3v) is 5.12. The molecule has 0 aliphatic carbocycles. The number of hydrogen-bond acceptors (Lipinski definition) is 1. The highest BCUT2D eigenvalue weighted by atomic mass is 31.2. The largest absolute Gasteiger partial charge is 0.307 e. The third kappa shape index (κ3) is 1.67. The molecule has 2 nitrogen and oxygen atoms in total. The molecule has 0 spiro atoms. The van der Waals surface area contributed by atoms with Crippen molar-refractivity contribution in [3.05, 3.63) is 0 Å². The lowest BCUT2D eigenvalue weighted by atomic mass is 10.2. The van der Waals surface area contributed by atoms with Crippen molar-refractivity contribution in [1.82, 2.24) is 4.67 Å². The van der Waals surface area contributed by atoms with E-state index in [-0.39, 0.29) is 6.04 Å². The van der Waals surface area contributed by atoms with E-state index in [1.54, 1.807) is 0 Å².